The van der Waals surface area contributed by atoms with Gasteiger partial charge < -0.3 is 4.74 Å². The highest BCUT2D eigenvalue weighted by molar-refractivity contribution is 7.90. The number of amides is 1. The average Bonchev–Trinajstić information content (AvgIpc) is 2.79. The van der Waals surface area contributed by atoms with Crippen molar-refractivity contribution in [1.29, 1.82) is 0 Å². The van der Waals surface area contributed by atoms with Gasteiger partial charge in [-0.2, -0.15) is 0 Å². The number of benzene rings is 1. The highest BCUT2D eigenvalue weighted by Gasteiger charge is 2.25. The van der Waals surface area contributed by atoms with E-state index in [0.717, 1.165) is 18.6 Å². The van der Waals surface area contributed by atoms with E-state index in [0.29, 0.717) is 19.1 Å². The number of carbonyl (C=O) groups is 1. The first-order valence-corrected chi connectivity index (χ1v) is 7.49. The van der Waals surface area contributed by atoms with E-state index in [-0.39, 0.29) is 12.5 Å². The predicted octanol–water partition coefficient (Wildman–Crippen LogP) is 1.34. The molecular weight excluding hydrogens is 292 g/mol. The third kappa shape index (κ3) is 3.51. The molecule has 1 atom stereocenters. The maximum atomic E-state index is 13.4. The van der Waals surface area contributed by atoms with Crippen molar-refractivity contribution in [2.45, 2.75) is 30.3 Å². The molecular formula is C12H13F2NO4S. The molecule has 20 heavy (non-hydrogen) atoms. The lowest BCUT2D eigenvalue weighted by atomic mass is 10.2. The highest BCUT2D eigenvalue weighted by atomic mass is 32.2. The minimum atomic E-state index is -4.35. The van der Waals surface area contributed by atoms with Crippen molar-refractivity contribution in [2.75, 3.05) is 6.61 Å². The fourth-order valence-electron chi connectivity index (χ4n) is 1.95. The van der Waals surface area contributed by atoms with Crippen LogP contribution in [0.4, 0.5) is 8.78 Å². The van der Waals surface area contributed by atoms with E-state index in [9.17, 15) is 22.0 Å². The number of halogens is 2. The van der Waals surface area contributed by atoms with E-state index in [2.05, 4.69) is 0 Å². The molecule has 1 aliphatic rings. The Bertz CT molecular complexity index is 612. The first-order chi connectivity index (χ1) is 9.38. The lowest BCUT2D eigenvalue weighted by Gasteiger charge is -2.10. The third-order valence-electron chi connectivity index (χ3n) is 2.87. The quantitative estimate of drug-likeness (QED) is 0.911. The molecule has 8 heteroatoms. The van der Waals surface area contributed by atoms with Crippen LogP contribution in [-0.4, -0.2) is 27.0 Å². The van der Waals surface area contributed by atoms with Gasteiger partial charge in [-0.25, -0.2) is 21.9 Å². The summed E-state index contributed by atoms with van der Waals surface area (Å²) in [7, 11) is -4.35. The van der Waals surface area contributed by atoms with Gasteiger partial charge in [-0.1, -0.05) is 0 Å². The lowest BCUT2D eigenvalue weighted by Crippen LogP contribution is -2.33. The minimum Gasteiger partial charge on any atom is -0.378 e. The minimum absolute atomic E-state index is 0.109. The maximum absolute atomic E-state index is 13.4. The van der Waals surface area contributed by atoms with Crippen molar-refractivity contribution in [1.82, 2.24) is 4.72 Å². The molecule has 0 aliphatic carbocycles. The van der Waals surface area contributed by atoms with Crippen molar-refractivity contribution < 1.29 is 26.7 Å². The Hall–Kier alpha value is -1.54. The Kier molecular flexibility index (Phi) is 4.34. The molecule has 0 spiro atoms. The van der Waals surface area contributed by atoms with Gasteiger partial charge in [-0.05, 0) is 25.0 Å². The average molecular weight is 305 g/mol. The normalized spacial score (nSPS) is 19.0. The van der Waals surface area contributed by atoms with Crippen molar-refractivity contribution in [3.63, 3.8) is 0 Å². The van der Waals surface area contributed by atoms with Gasteiger partial charge in [-0.15, -0.1) is 0 Å². The van der Waals surface area contributed by atoms with Gasteiger partial charge in [-0.3, -0.25) is 4.79 Å². The summed E-state index contributed by atoms with van der Waals surface area (Å²) in [5.41, 5.74) is 0. The summed E-state index contributed by atoms with van der Waals surface area (Å²) in [5, 5.41) is 0. The lowest BCUT2D eigenvalue weighted by molar-refractivity contribution is -0.121. The second-order valence-electron chi connectivity index (χ2n) is 4.44. The van der Waals surface area contributed by atoms with Crippen molar-refractivity contribution >= 4 is 15.9 Å². The van der Waals surface area contributed by atoms with E-state index < -0.39 is 32.5 Å². The van der Waals surface area contributed by atoms with Crippen LogP contribution in [0, 0.1) is 11.6 Å². The SMILES string of the molecule is O=C(C[C@H]1CCCO1)NS(=O)(=O)c1ccc(F)cc1F. The van der Waals surface area contributed by atoms with E-state index in [1.54, 1.807) is 4.72 Å². The first kappa shape index (κ1) is 14.9. The number of rotatable bonds is 4. The summed E-state index contributed by atoms with van der Waals surface area (Å²) in [6.07, 6.45) is 1.07. The number of nitrogens with one attached hydrogen (secondary N) is 1. The maximum Gasteiger partial charge on any atom is 0.266 e. The molecule has 0 aromatic heterocycles. The molecule has 1 aromatic rings. The molecule has 110 valence electrons. The van der Waals surface area contributed by atoms with Crippen molar-refractivity contribution in [2.24, 2.45) is 0 Å². The highest BCUT2D eigenvalue weighted by Crippen LogP contribution is 2.17. The molecule has 0 radical (unpaired) electrons. The van der Waals surface area contributed by atoms with Crippen LogP contribution < -0.4 is 4.72 Å². The Morgan fingerprint density at radius 2 is 2.15 bits per heavy atom. The summed E-state index contributed by atoms with van der Waals surface area (Å²) >= 11 is 0. The molecule has 1 fully saturated rings. The molecule has 1 amide bonds. The van der Waals surface area contributed by atoms with Gasteiger partial charge in [0.05, 0.1) is 12.5 Å². The van der Waals surface area contributed by atoms with Gasteiger partial charge >= 0.3 is 0 Å². The van der Waals surface area contributed by atoms with E-state index in [1.165, 1.54) is 0 Å². The summed E-state index contributed by atoms with van der Waals surface area (Å²) in [4.78, 5) is 10.8. The molecule has 1 heterocycles. The first-order valence-electron chi connectivity index (χ1n) is 6.01. The Morgan fingerprint density at radius 1 is 1.40 bits per heavy atom. The van der Waals surface area contributed by atoms with Crippen molar-refractivity contribution in [3.8, 4) is 0 Å². The number of sulfonamides is 1. The Balaban J connectivity index is 2.08. The largest absolute Gasteiger partial charge is 0.378 e. The number of ether oxygens (including phenoxy) is 1. The monoisotopic (exact) mass is 305 g/mol. The summed E-state index contributed by atoms with van der Waals surface area (Å²) < 4.78 is 56.7. The van der Waals surface area contributed by atoms with Crippen LogP contribution in [0.25, 0.3) is 0 Å². The van der Waals surface area contributed by atoms with Crippen LogP contribution in [0.2, 0.25) is 0 Å². The molecule has 0 saturated carbocycles. The second-order valence-corrected chi connectivity index (χ2v) is 6.09. The summed E-state index contributed by atoms with van der Waals surface area (Å²) in [6.45, 7) is 0.539. The van der Waals surface area contributed by atoms with E-state index in [1.807, 2.05) is 0 Å². The standard InChI is InChI=1S/C12H13F2NO4S/c13-8-3-4-11(10(14)6-8)20(17,18)15-12(16)7-9-2-1-5-19-9/h3-4,6,9H,1-2,5,7H2,(H,15,16)/t9-/m1/s1. The number of hydrogen-bond donors (Lipinski definition) is 1. The smallest absolute Gasteiger partial charge is 0.266 e. The number of carbonyl (C=O) groups excluding carboxylic acids is 1. The van der Waals surface area contributed by atoms with Crippen LogP contribution in [0.15, 0.2) is 23.1 Å². The fourth-order valence-corrected chi connectivity index (χ4v) is 3.01. The van der Waals surface area contributed by atoms with Crippen LogP contribution >= 0.6 is 0 Å². The second kappa shape index (κ2) is 5.84. The van der Waals surface area contributed by atoms with E-state index in [4.69, 9.17) is 4.74 Å². The molecule has 1 aromatic carbocycles. The topological polar surface area (TPSA) is 72.5 Å². The molecule has 0 unspecified atom stereocenters. The summed E-state index contributed by atoms with van der Waals surface area (Å²) in [6, 6.07) is 2.02. The van der Waals surface area contributed by atoms with Gasteiger partial charge in [0, 0.05) is 12.7 Å². The summed E-state index contributed by atoms with van der Waals surface area (Å²) in [5.74, 6) is -2.92. The van der Waals surface area contributed by atoms with Gasteiger partial charge in [0.15, 0.2) is 0 Å². The zero-order valence-corrected chi connectivity index (χ0v) is 11.3. The molecule has 1 N–H and O–H groups in total. The van der Waals surface area contributed by atoms with Gasteiger partial charge in [0.1, 0.15) is 16.5 Å². The van der Waals surface area contributed by atoms with Crippen molar-refractivity contribution in [3.05, 3.63) is 29.8 Å². The zero-order valence-electron chi connectivity index (χ0n) is 10.4. The molecule has 1 aliphatic heterocycles. The predicted molar refractivity (Wildman–Crippen MR) is 65.3 cm³/mol. The Morgan fingerprint density at radius 3 is 2.75 bits per heavy atom. The van der Waals surface area contributed by atoms with Crippen LogP contribution in [0.5, 0.6) is 0 Å². The third-order valence-corrected chi connectivity index (χ3v) is 4.28. The zero-order chi connectivity index (χ0) is 14.8. The van der Waals surface area contributed by atoms with Crippen LogP contribution in [0.3, 0.4) is 0 Å². The number of hydrogen-bond acceptors (Lipinski definition) is 4. The molecule has 1 saturated heterocycles. The van der Waals surface area contributed by atoms with Gasteiger partial charge in [0.2, 0.25) is 5.91 Å². The van der Waals surface area contributed by atoms with Crippen LogP contribution in [0.1, 0.15) is 19.3 Å². The van der Waals surface area contributed by atoms with Crippen LogP contribution in [-0.2, 0) is 19.6 Å². The molecule has 5 nitrogen and oxygen atoms in total. The van der Waals surface area contributed by atoms with E-state index >= 15 is 0 Å². The molecule has 0 bridgehead atoms. The van der Waals surface area contributed by atoms with Gasteiger partial charge in [0.25, 0.3) is 10.0 Å². The Labute approximate surface area is 115 Å². The molecule has 2 rings (SSSR count). The fraction of sp³-hybridized carbons (Fsp3) is 0.417.